The fourth-order valence-electron chi connectivity index (χ4n) is 1.25. The van der Waals surface area contributed by atoms with Crippen LogP contribution in [0.25, 0.3) is 0 Å². The predicted octanol–water partition coefficient (Wildman–Crippen LogP) is 1.39. The maximum atomic E-state index is 13.1. The average molecular weight is 229 g/mol. The Hall–Kier alpha value is -1.62. The summed E-state index contributed by atoms with van der Waals surface area (Å²) in [7, 11) is 0. The number of amidine groups is 1. The van der Waals surface area contributed by atoms with Gasteiger partial charge in [-0.25, -0.2) is 4.39 Å². The molecular formula is C9H6ClFN2O2. The number of amides is 1. The molecule has 6 heteroatoms. The van der Waals surface area contributed by atoms with Gasteiger partial charge in [-0.1, -0.05) is 17.7 Å². The van der Waals surface area contributed by atoms with Crippen molar-refractivity contribution < 1.29 is 13.9 Å². The normalized spacial score (nSPS) is 20.0. The summed E-state index contributed by atoms with van der Waals surface area (Å²) in [5.74, 6) is -1.16. The minimum Gasteiger partial charge on any atom is -0.447 e. The van der Waals surface area contributed by atoms with E-state index < -0.39 is 17.8 Å². The summed E-state index contributed by atoms with van der Waals surface area (Å²) in [5.41, 5.74) is 5.55. The number of nitrogens with zero attached hydrogens (tertiary/aromatic N) is 1. The lowest BCUT2D eigenvalue weighted by Gasteiger charge is -2.08. The molecule has 1 aromatic carbocycles. The van der Waals surface area contributed by atoms with Crippen molar-refractivity contribution in [1.29, 1.82) is 0 Å². The van der Waals surface area contributed by atoms with E-state index in [1.807, 2.05) is 0 Å². The molecule has 78 valence electrons. The maximum absolute atomic E-state index is 13.1. The van der Waals surface area contributed by atoms with Crippen molar-refractivity contribution in [3.63, 3.8) is 0 Å². The third kappa shape index (κ3) is 1.78. The van der Waals surface area contributed by atoms with E-state index in [0.717, 1.165) is 6.07 Å². The van der Waals surface area contributed by atoms with E-state index in [2.05, 4.69) is 4.99 Å². The minimum absolute atomic E-state index is 0.0157. The molecule has 0 fully saturated rings. The van der Waals surface area contributed by atoms with Crippen molar-refractivity contribution in [3.8, 4) is 0 Å². The molecule has 2 rings (SSSR count). The molecular weight excluding hydrogens is 223 g/mol. The summed E-state index contributed by atoms with van der Waals surface area (Å²) in [4.78, 5) is 14.6. The van der Waals surface area contributed by atoms with Crippen LogP contribution in [0.15, 0.2) is 23.2 Å². The highest BCUT2D eigenvalue weighted by atomic mass is 35.5. The number of aliphatic imine (C=N–C) groups is 1. The van der Waals surface area contributed by atoms with Crippen LogP contribution in [-0.4, -0.2) is 11.9 Å². The Labute approximate surface area is 89.5 Å². The van der Waals surface area contributed by atoms with Gasteiger partial charge in [0.2, 0.25) is 6.10 Å². The van der Waals surface area contributed by atoms with Gasteiger partial charge in [-0.3, -0.25) is 4.79 Å². The van der Waals surface area contributed by atoms with Gasteiger partial charge in [0.1, 0.15) is 5.82 Å². The van der Waals surface area contributed by atoms with Gasteiger partial charge >= 0.3 is 0 Å². The van der Waals surface area contributed by atoms with Crippen LogP contribution in [0.2, 0.25) is 5.02 Å². The fourth-order valence-corrected chi connectivity index (χ4v) is 1.37. The highest BCUT2D eigenvalue weighted by Crippen LogP contribution is 2.26. The minimum atomic E-state index is -0.961. The molecule has 0 radical (unpaired) electrons. The van der Waals surface area contributed by atoms with Crippen molar-refractivity contribution in [2.75, 3.05) is 0 Å². The SMILES string of the molecule is NC1=NC(=O)C(c2ccc(Cl)c(F)c2)O1. The number of carbonyl (C=O) groups excluding carboxylic acids is 1. The first-order valence-electron chi connectivity index (χ1n) is 4.07. The molecule has 15 heavy (non-hydrogen) atoms. The van der Waals surface area contributed by atoms with Gasteiger partial charge in [0.05, 0.1) is 5.02 Å². The van der Waals surface area contributed by atoms with Crippen LogP contribution in [0, 0.1) is 5.82 Å². The number of hydrogen-bond donors (Lipinski definition) is 1. The topological polar surface area (TPSA) is 64.7 Å². The van der Waals surface area contributed by atoms with Crippen LogP contribution in [0.4, 0.5) is 4.39 Å². The number of benzene rings is 1. The summed E-state index contributed by atoms with van der Waals surface area (Å²) in [6, 6.07) is 3.75. The molecule has 0 spiro atoms. The molecule has 0 bridgehead atoms. The largest absolute Gasteiger partial charge is 0.447 e. The lowest BCUT2D eigenvalue weighted by atomic mass is 10.1. The third-order valence-electron chi connectivity index (χ3n) is 1.93. The van der Waals surface area contributed by atoms with Crippen LogP contribution in [0.1, 0.15) is 11.7 Å². The van der Waals surface area contributed by atoms with E-state index >= 15 is 0 Å². The predicted molar refractivity (Wildman–Crippen MR) is 51.9 cm³/mol. The Balaban J connectivity index is 2.32. The van der Waals surface area contributed by atoms with Crippen molar-refractivity contribution >= 4 is 23.5 Å². The Morgan fingerprint density at radius 1 is 1.53 bits per heavy atom. The highest BCUT2D eigenvalue weighted by Gasteiger charge is 2.29. The summed E-state index contributed by atoms with van der Waals surface area (Å²) >= 11 is 5.50. The first-order valence-corrected chi connectivity index (χ1v) is 4.45. The van der Waals surface area contributed by atoms with Gasteiger partial charge in [0.25, 0.3) is 11.9 Å². The number of carbonyl (C=O) groups is 1. The molecule has 4 nitrogen and oxygen atoms in total. The van der Waals surface area contributed by atoms with Gasteiger partial charge in [-0.2, -0.15) is 4.99 Å². The second-order valence-electron chi connectivity index (χ2n) is 2.96. The first-order chi connectivity index (χ1) is 7.08. The van der Waals surface area contributed by atoms with Crippen LogP contribution in [0.5, 0.6) is 0 Å². The van der Waals surface area contributed by atoms with Crippen LogP contribution in [-0.2, 0) is 9.53 Å². The lowest BCUT2D eigenvalue weighted by Crippen LogP contribution is -2.14. The molecule has 0 saturated carbocycles. The van der Waals surface area contributed by atoms with Crippen LogP contribution < -0.4 is 5.73 Å². The zero-order valence-corrected chi connectivity index (χ0v) is 8.16. The molecule has 0 aliphatic carbocycles. The zero-order valence-electron chi connectivity index (χ0n) is 7.41. The molecule has 1 aromatic rings. The van der Waals surface area contributed by atoms with Crippen LogP contribution >= 0.6 is 11.6 Å². The van der Waals surface area contributed by atoms with Gasteiger partial charge < -0.3 is 10.5 Å². The quantitative estimate of drug-likeness (QED) is 0.790. The molecule has 1 aliphatic heterocycles. The standard InChI is InChI=1S/C9H6ClFN2O2/c10-5-2-1-4(3-6(5)11)7-8(14)13-9(12)15-7/h1-3,7H,(H2,12,13,14). The summed E-state index contributed by atoms with van der Waals surface area (Å²) in [6.07, 6.45) is -0.961. The summed E-state index contributed by atoms with van der Waals surface area (Å²) in [6.45, 7) is 0. The zero-order chi connectivity index (χ0) is 11.0. The second kappa shape index (κ2) is 3.51. The smallest absolute Gasteiger partial charge is 0.296 e. The van der Waals surface area contributed by atoms with E-state index in [4.69, 9.17) is 22.1 Å². The van der Waals surface area contributed by atoms with Crippen molar-refractivity contribution in [1.82, 2.24) is 0 Å². The average Bonchev–Trinajstić information content (AvgIpc) is 2.50. The molecule has 1 atom stereocenters. The third-order valence-corrected chi connectivity index (χ3v) is 2.24. The molecule has 2 N–H and O–H groups in total. The van der Waals surface area contributed by atoms with E-state index in [1.54, 1.807) is 0 Å². The van der Waals surface area contributed by atoms with Gasteiger partial charge in [0.15, 0.2) is 0 Å². The van der Waals surface area contributed by atoms with Crippen molar-refractivity contribution in [3.05, 3.63) is 34.6 Å². The number of rotatable bonds is 1. The van der Waals surface area contributed by atoms with Crippen molar-refractivity contribution in [2.45, 2.75) is 6.10 Å². The fraction of sp³-hybridized carbons (Fsp3) is 0.111. The van der Waals surface area contributed by atoms with Gasteiger partial charge in [0, 0.05) is 5.56 Å². The van der Waals surface area contributed by atoms with E-state index in [1.165, 1.54) is 12.1 Å². The van der Waals surface area contributed by atoms with E-state index in [9.17, 15) is 9.18 Å². The molecule has 1 unspecified atom stereocenters. The van der Waals surface area contributed by atoms with E-state index in [0.29, 0.717) is 5.56 Å². The maximum Gasteiger partial charge on any atom is 0.296 e. The second-order valence-corrected chi connectivity index (χ2v) is 3.37. The lowest BCUT2D eigenvalue weighted by molar-refractivity contribution is -0.122. The summed E-state index contributed by atoms with van der Waals surface area (Å²) < 4.78 is 18.0. The highest BCUT2D eigenvalue weighted by molar-refractivity contribution is 6.30. The summed E-state index contributed by atoms with van der Waals surface area (Å²) in [5, 5.41) is -0.0157. The Kier molecular flexibility index (Phi) is 2.32. The Morgan fingerprint density at radius 2 is 2.27 bits per heavy atom. The monoisotopic (exact) mass is 228 g/mol. The number of nitrogens with two attached hydrogens (primary N) is 1. The Bertz CT molecular complexity index is 461. The van der Waals surface area contributed by atoms with Crippen molar-refractivity contribution in [2.24, 2.45) is 10.7 Å². The number of halogens is 2. The van der Waals surface area contributed by atoms with Gasteiger partial charge in [-0.15, -0.1) is 0 Å². The molecule has 1 amide bonds. The van der Waals surface area contributed by atoms with E-state index in [-0.39, 0.29) is 11.0 Å². The van der Waals surface area contributed by atoms with Crippen LogP contribution in [0.3, 0.4) is 0 Å². The first kappa shape index (κ1) is 9.92. The van der Waals surface area contributed by atoms with Gasteiger partial charge in [-0.05, 0) is 12.1 Å². The molecule has 0 saturated heterocycles. The Morgan fingerprint density at radius 3 is 2.80 bits per heavy atom. The number of ether oxygens (including phenoxy) is 1. The molecule has 0 aromatic heterocycles. The molecule has 1 heterocycles. The molecule has 1 aliphatic rings. The number of hydrogen-bond acceptors (Lipinski definition) is 3.